The molecule has 0 aliphatic carbocycles. The van der Waals surface area contributed by atoms with Crippen molar-refractivity contribution in [2.45, 2.75) is 32.5 Å². The Morgan fingerprint density at radius 3 is 2.65 bits per heavy atom. The largest absolute Gasteiger partial charge is 0.352 e. The molecule has 1 amide bonds. The second-order valence-corrected chi connectivity index (χ2v) is 6.41. The van der Waals surface area contributed by atoms with Crippen LogP contribution in [0.4, 0.5) is 0 Å². The molecule has 4 aromatic rings. The number of hydrogen-bond donors (Lipinski definition) is 1. The van der Waals surface area contributed by atoms with E-state index >= 15 is 0 Å². The third-order valence-corrected chi connectivity index (χ3v) is 4.38. The SMILES string of the molecule is C[C@@H](Cn1nnc2ccccc21)NC(=O)CCn1cnc2ccccc21. The van der Waals surface area contributed by atoms with Gasteiger partial charge in [-0.05, 0) is 31.2 Å². The van der Waals surface area contributed by atoms with Gasteiger partial charge in [0.1, 0.15) is 5.52 Å². The fourth-order valence-corrected chi connectivity index (χ4v) is 3.11. The maximum atomic E-state index is 12.3. The molecule has 1 atom stereocenters. The minimum absolute atomic E-state index is 0.0136. The summed E-state index contributed by atoms with van der Waals surface area (Å²) in [6, 6.07) is 15.7. The van der Waals surface area contributed by atoms with Crippen molar-refractivity contribution in [1.29, 1.82) is 0 Å². The van der Waals surface area contributed by atoms with E-state index in [2.05, 4.69) is 20.6 Å². The predicted molar refractivity (Wildman–Crippen MR) is 99.5 cm³/mol. The van der Waals surface area contributed by atoms with E-state index in [0.717, 1.165) is 22.1 Å². The number of aryl methyl sites for hydroxylation is 1. The Balaban J connectivity index is 1.34. The van der Waals surface area contributed by atoms with E-state index in [-0.39, 0.29) is 11.9 Å². The Hall–Kier alpha value is -3.22. The molecule has 132 valence electrons. The number of amides is 1. The van der Waals surface area contributed by atoms with Gasteiger partial charge in [0.2, 0.25) is 5.91 Å². The molecule has 2 aromatic heterocycles. The molecule has 0 bridgehead atoms. The fraction of sp³-hybridized carbons (Fsp3) is 0.263. The molecule has 0 saturated carbocycles. The lowest BCUT2D eigenvalue weighted by Gasteiger charge is -2.14. The molecular weight excluding hydrogens is 328 g/mol. The zero-order valence-electron chi connectivity index (χ0n) is 14.5. The van der Waals surface area contributed by atoms with Gasteiger partial charge in [-0.25, -0.2) is 9.67 Å². The number of imidazole rings is 1. The second-order valence-electron chi connectivity index (χ2n) is 6.41. The predicted octanol–water partition coefficient (Wildman–Crippen LogP) is 2.38. The minimum Gasteiger partial charge on any atom is -0.352 e. The van der Waals surface area contributed by atoms with E-state index in [1.54, 1.807) is 6.33 Å². The van der Waals surface area contributed by atoms with Crippen LogP contribution in [0.2, 0.25) is 0 Å². The van der Waals surface area contributed by atoms with Crippen LogP contribution in [-0.2, 0) is 17.9 Å². The lowest BCUT2D eigenvalue weighted by atomic mass is 10.2. The Bertz CT molecular complexity index is 1050. The van der Waals surface area contributed by atoms with E-state index in [4.69, 9.17) is 0 Å². The molecule has 1 N–H and O–H groups in total. The van der Waals surface area contributed by atoms with Crippen molar-refractivity contribution < 1.29 is 4.79 Å². The lowest BCUT2D eigenvalue weighted by Crippen LogP contribution is -2.36. The van der Waals surface area contributed by atoms with Crippen LogP contribution in [0.25, 0.3) is 22.1 Å². The van der Waals surface area contributed by atoms with Gasteiger partial charge in [0.15, 0.2) is 0 Å². The van der Waals surface area contributed by atoms with Crippen LogP contribution >= 0.6 is 0 Å². The lowest BCUT2D eigenvalue weighted by molar-refractivity contribution is -0.122. The van der Waals surface area contributed by atoms with Gasteiger partial charge in [-0.1, -0.05) is 29.5 Å². The number of nitrogens with zero attached hydrogens (tertiary/aromatic N) is 5. The first kappa shape index (κ1) is 16.3. The number of nitrogens with one attached hydrogen (secondary N) is 1. The second kappa shape index (κ2) is 6.95. The van der Waals surface area contributed by atoms with Gasteiger partial charge in [0.05, 0.1) is 29.4 Å². The van der Waals surface area contributed by atoms with Crippen molar-refractivity contribution in [3.63, 3.8) is 0 Å². The maximum absolute atomic E-state index is 12.3. The molecule has 2 aromatic carbocycles. The van der Waals surface area contributed by atoms with Crippen molar-refractivity contribution >= 4 is 28.0 Å². The van der Waals surface area contributed by atoms with E-state index in [1.807, 2.05) is 64.7 Å². The summed E-state index contributed by atoms with van der Waals surface area (Å²) >= 11 is 0. The summed E-state index contributed by atoms with van der Waals surface area (Å²) in [6.07, 6.45) is 2.19. The average Bonchev–Trinajstić information content (AvgIpc) is 3.24. The van der Waals surface area contributed by atoms with E-state index in [1.165, 1.54) is 0 Å². The Morgan fingerprint density at radius 1 is 1.08 bits per heavy atom. The molecule has 7 heteroatoms. The highest BCUT2D eigenvalue weighted by molar-refractivity contribution is 5.78. The summed E-state index contributed by atoms with van der Waals surface area (Å²) in [7, 11) is 0. The summed E-state index contributed by atoms with van der Waals surface area (Å²) < 4.78 is 3.83. The molecule has 0 saturated heterocycles. The molecule has 0 spiro atoms. The van der Waals surface area contributed by atoms with Gasteiger partial charge in [-0.15, -0.1) is 5.10 Å². The Labute approximate surface area is 150 Å². The minimum atomic E-state index is -0.0351. The van der Waals surface area contributed by atoms with Crippen LogP contribution in [0.3, 0.4) is 0 Å². The molecule has 0 aliphatic heterocycles. The number of para-hydroxylation sites is 3. The molecular formula is C19H20N6O. The Kier molecular flexibility index (Phi) is 4.35. The van der Waals surface area contributed by atoms with Crippen molar-refractivity contribution in [1.82, 2.24) is 29.9 Å². The standard InChI is InChI=1S/C19H20N6O/c1-14(12-25-18-9-5-3-7-16(18)22-23-25)21-19(26)10-11-24-13-20-15-6-2-4-8-17(15)24/h2-9,13-14H,10-12H2,1H3,(H,21,26)/t14-/m0/s1. The van der Waals surface area contributed by atoms with Crippen LogP contribution < -0.4 is 5.32 Å². The highest BCUT2D eigenvalue weighted by atomic mass is 16.1. The third-order valence-electron chi connectivity index (χ3n) is 4.38. The van der Waals surface area contributed by atoms with Gasteiger partial charge in [-0.3, -0.25) is 4.79 Å². The highest BCUT2D eigenvalue weighted by Crippen LogP contribution is 2.12. The Morgan fingerprint density at radius 2 is 1.81 bits per heavy atom. The molecule has 26 heavy (non-hydrogen) atoms. The van der Waals surface area contributed by atoms with Gasteiger partial charge < -0.3 is 9.88 Å². The summed E-state index contributed by atoms with van der Waals surface area (Å²) in [5.41, 5.74) is 3.82. The molecule has 0 fully saturated rings. The summed E-state index contributed by atoms with van der Waals surface area (Å²) in [5, 5.41) is 11.3. The van der Waals surface area contributed by atoms with Crippen LogP contribution in [0.5, 0.6) is 0 Å². The van der Waals surface area contributed by atoms with Crippen LogP contribution in [0.1, 0.15) is 13.3 Å². The average molecular weight is 348 g/mol. The smallest absolute Gasteiger partial charge is 0.222 e. The summed E-state index contributed by atoms with van der Waals surface area (Å²) in [5.74, 6) is 0.0136. The summed E-state index contributed by atoms with van der Waals surface area (Å²) in [4.78, 5) is 16.6. The van der Waals surface area contributed by atoms with Crippen LogP contribution in [0, 0.1) is 0 Å². The number of fused-ring (bicyclic) bond motifs is 2. The first-order chi connectivity index (χ1) is 12.7. The number of hydrogen-bond acceptors (Lipinski definition) is 4. The molecule has 0 unspecified atom stereocenters. The molecule has 4 rings (SSSR count). The van der Waals surface area contributed by atoms with Gasteiger partial charge in [0.25, 0.3) is 0 Å². The number of aromatic nitrogens is 5. The zero-order chi connectivity index (χ0) is 17.9. The monoisotopic (exact) mass is 348 g/mol. The van der Waals surface area contributed by atoms with Crippen molar-refractivity contribution in [2.75, 3.05) is 0 Å². The van der Waals surface area contributed by atoms with E-state index < -0.39 is 0 Å². The van der Waals surface area contributed by atoms with Crippen LogP contribution in [0.15, 0.2) is 54.9 Å². The first-order valence-electron chi connectivity index (χ1n) is 8.68. The maximum Gasteiger partial charge on any atom is 0.222 e. The van der Waals surface area contributed by atoms with E-state index in [9.17, 15) is 4.79 Å². The third kappa shape index (κ3) is 3.28. The number of carbonyl (C=O) groups is 1. The van der Waals surface area contributed by atoms with E-state index in [0.29, 0.717) is 19.5 Å². The normalized spacial score (nSPS) is 12.5. The van der Waals surface area contributed by atoms with Crippen molar-refractivity contribution in [2.24, 2.45) is 0 Å². The van der Waals surface area contributed by atoms with Crippen molar-refractivity contribution in [3.05, 3.63) is 54.9 Å². The van der Waals surface area contributed by atoms with Crippen LogP contribution in [-0.4, -0.2) is 36.5 Å². The molecule has 2 heterocycles. The molecule has 0 aliphatic rings. The number of carbonyl (C=O) groups excluding carboxylic acids is 1. The number of rotatable bonds is 6. The zero-order valence-corrected chi connectivity index (χ0v) is 14.5. The number of benzene rings is 2. The van der Waals surface area contributed by atoms with Gasteiger partial charge in [-0.2, -0.15) is 0 Å². The van der Waals surface area contributed by atoms with Crippen molar-refractivity contribution in [3.8, 4) is 0 Å². The molecule has 0 radical (unpaired) electrons. The first-order valence-corrected chi connectivity index (χ1v) is 8.68. The van der Waals surface area contributed by atoms with Gasteiger partial charge in [0, 0.05) is 19.0 Å². The highest BCUT2D eigenvalue weighted by Gasteiger charge is 2.11. The fourth-order valence-electron chi connectivity index (χ4n) is 3.11. The summed E-state index contributed by atoms with van der Waals surface area (Å²) in [6.45, 7) is 3.16. The topological polar surface area (TPSA) is 77.6 Å². The van der Waals surface area contributed by atoms with Gasteiger partial charge >= 0.3 is 0 Å². The quantitative estimate of drug-likeness (QED) is 0.580. The molecule has 7 nitrogen and oxygen atoms in total.